The van der Waals surface area contributed by atoms with Gasteiger partial charge in [-0.05, 0) is 29.3 Å². The molecule has 2 aromatic carbocycles. The molecule has 7 heteroatoms. The number of carbonyl (C=O) groups is 1. The van der Waals surface area contributed by atoms with Crippen LogP contribution in [-0.2, 0) is 11.2 Å². The van der Waals surface area contributed by atoms with Gasteiger partial charge in [-0.15, -0.1) is 0 Å². The summed E-state index contributed by atoms with van der Waals surface area (Å²) in [5, 5.41) is 16.2. The van der Waals surface area contributed by atoms with Crippen molar-refractivity contribution in [3.05, 3.63) is 82.9 Å². The molecule has 0 aliphatic carbocycles. The van der Waals surface area contributed by atoms with Gasteiger partial charge in [0, 0.05) is 25.7 Å². The zero-order chi connectivity index (χ0) is 20.2. The number of nitriles is 1. The topological polar surface area (TPSA) is 79.9 Å². The van der Waals surface area contributed by atoms with E-state index in [0.717, 1.165) is 30.3 Å². The van der Waals surface area contributed by atoms with E-state index in [1.165, 1.54) is 29.2 Å². The predicted octanol–water partition coefficient (Wildman–Crippen LogP) is 2.97. The molecule has 0 unspecified atom stereocenters. The molecule has 1 saturated heterocycles. The molecule has 1 aromatic heterocycles. The van der Waals surface area contributed by atoms with Crippen molar-refractivity contribution in [3.63, 3.8) is 0 Å². The molecule has 2 heterocycles. The normalized spacial score (nSPS) is 16.3. The molecule has 0 saturated carbocycles. The van der Waals surface area contributed by atoms with E-state index in [-0.39, 0.29) is 29.6 Å². The summed E-state index contributed by atoms with van der Waals surface area (Å²) in [7, 11) is 0. The lowest BCUT2D eigenvalue weighted by molar-refractivity contribution is 0.0277. The number of hydrogen-bond donors (Lipinski definition) is 1. The Morgan fingerprint density at radius 3 is 2.83 bits per heavy atom. The number of hydrogen-bond acceptors (Lipinski definition) is 5. The van der Waals surface area contributed by atoms with Crippen molar-refractivity contribution >= 4 is 5.78 Å². The van der Waals surface area contributed by atoms with Crippen LogP contribution >= 0.6 is 0 Å². The van der Waals surface area contributed by atoms with Crippen molar-refractivity contribution in [2.45, 2.75) is 12.5 Å². The van der Waals surface area contributed by atoms with E-state index in [0.29, 0.717) is 12.2 Å². The van der Waals surface area contributed by atoms with Crippen LogP contribution < -0.4 is 5.32 Å². The summed E-state index contributed by atoms with van der Waals surface area (Å²) in [4.78, 5) is 12.6. The van der Waals surface area contributed by atoms with E-state index in [2.05, 4.69) is 10.4 Å². The summed E-state index contributed by atoms with van der Waals surface area (Å²) in [6.45, 7) is 2.33. The molecule has 6 nitrogen and oxygen atoms in total. The summed E-state index contributed by atoms with van der Waals surface area (Å²) >= 11 is 0. The number of ether oxygens (including phenoxy) is 1. The third-order valence-electron chi connectivity index (χ3n) is 4.87. The Bertz CT molecular complexity index is 1060. The number of ketones is 1. The number of rotatable bonds is 5. The van der Waals surface area contributed by atoms with Crippen LogP contribution in [-0.4, -0.2) is 35.3 Å². The molecule has 1 aliphatic rings. The molecule has 1 aliphatic heterocycles. The Morgan fingerprint density at radius 1 is 1.31 bits per heavy atom. The van der Waals surface area contributed by atoms with Gasteiger partial charge in [-0.3, -0.25) is 4.79 Å². The lowest BCUT2D eigenvalue weighted by Gasteiger charge is -2.24. The molecule has 3 aromatic rings. The van der Waals surface area contributed by atoms with E-state index >= 15 is 0 Å². The molecule has 0 bridgehead atoms. The lowest BCUT2D eigenvalue weighted by atomic mass is 10.0. The first kappa shape index (κ1) is 19.0. The number of Topliss-reactive ketones (excluding diaryl/α,β-unsaturated/α-hetero) is 1. The van der Waals surface area contributed by atoms with Crippen molar-refractivity contribution in [2.24, 2.45) is 0 Å². The van der Waals surface area contributed by atoms with Crippen molar-refractivity contribution in [2.75, 3.05) is 19.7 Å². The van der Waals surface area contributed by atoms with Gasteiger partial charge in [0.25, 0.3) is 0 Å². The van der Waals surface area contributed by atoms with Gasteiger partial charge in [0.05, 0.1) is 36.1 Å². The fraction of sp³-hybridized carbons (Fsp3) is 0.227. The fourth-order valence-corrected chi connectivity index (χ4v) is 3.28. The average Bonchev–Trinajstić information content (AvgIpc) is 3.25. The number of nitrogens with zero attached hydrogens (tertiary/aromatic N) is 3. The molecule has 1 N–H and O–H groups in total. The second kappa shape index (κ2) is 8.35. The van der Waals surface area contributed by atoms with Crippen LogP contribution in [0, 0.1) is 17.1 Å². The van der Waals surface area contributed by atoms with E-state index in [9.17, 15) is 9.18 Å². The van der Waals surface area contributed by atoms with Gasteiger partial charge in [0.15, 0.2) is 5.78 Å². The van der Waals surface area contributed by atoms with E-state index < -0.39 is 5.82 Å². The molecule has 0 radical (unpaired) electrons. The van der Waals surface area contributed by atoms with Crippen LogP contribution in [0.4, 0.5) is 4.39 Å². The van der Waals surface area contributed by atoms with Crippen LogP contribution in [0.3, 0.4) is 0 Å². The van der Waals surface area contributed by atoms with Gasteiger partial charge in [-0.2, -0.15) is 10.4 Å². The first-order valence-electron chi connectivity index (χ1n) is 9.33. The van der Waals surface area contributed by atoms with Crippen molar-refractivity contribution in [1.82, 2.24) is 15.1 Å². The van der Waals surface area contributed by atoms with Crippen LogP contribution in [0.15, 0.2) is 54.9 Å². The van der Waals surface area contributed by atoms with Gasteiger partial charge in [0.2, 0.25) is 0 Å². The van der Waals surface area contributed by atoms with E-state index in [4.69, 9.17) is 10.00 Å². The van der Waals surface area contributed by atoms with Crippen LogP contribution in [0.1, 0.15) is 33.2 Å². The van der Waals surface area contributed by atoms with Gasteiger partial charge >= 0.3 is 0 Å². The highest BCUT2D eigenvalue weighted by atomic mass is 19.1. The Labute approximate surface area is 167 Å². The highest BCUT2D eigenvalue weighted by Gasteiger charge is 2.16. The molecule has 29 heavy (non-hydrogen) atoms. The average molecular weight is 390 g/mol. The number of halogens is 1. The van der Waals surface area contributed by atoms with E-state index in [1.807, 2.05) is 30.3 Å². The van der Waals surface area contributed by atoms with Gasteiger partial charge in [-0.1, -0.05) is 24.3 Å². The van der Waals surface area contributed by atoms with E-state index in [1.54, 1.807) is 0 Å². The number of morpholine rings is 1. The maximum Gasteiger partial charge on any atom is 0.170 e. The second-order valence-electron chi connectivity index (χ2n) is 6.86. The summed E-state index contributed by atoms with van der Waals surface area (Å²) in [5.41, 5.74) is 2.79. The highest BCUT2D eigenvalue weighted by Crippen LogP contribution is 2.20. The lowest BCUT2D eigenvalue weighted by Crippen LogP contribution is -2.33. The molecule has 0 spiro atoms. The Balaban J connectivity index is 1.45. The molecule has 146 valence electrons. The van der Waals surface area contributed by atoms with Gasteiger partial charge in [-0.25, -0.2) is 9.07 Å². The van der Waals surface area contributed by atoms with Gasteiger partial charge in [0.1, 0.15) is 11.5 Å². The van der Waals surface area contributed by atoms with Crippen LogP contribution in [0.2, 0.25) is 0 Å². The van der Waals surface area contributed by atoms with Crippen LogP contribution in [0.25, 0.3) is 5.69 Å². The largest absolute Gasteiger partial charge is 0.371 e. The minimum Gasteiger partial charge on any atom is -0.371 e. The monoisotopic (exact) mass is 390 g/mol. The number of aromatic nitrogens is 2. The minimum absolute atomic E-state index is 0.0362. The summed E-state index contributed by atoms with van der Waals surface area (Å²) in [6.07, 6.45) is 3.19. The molecular weight excluding hydrogens is 371 g/mol. The SMILES string of the molecule is N#Cc1ccc(-n2cc(C(=O)Cc3ccc([C@@H]4CNCCO4)cc3)cn2)c(F)c1. The zero-order valence-corrected chi connectivity index (χ0v) is 15.6. The Hall–Kier alpha value is -3.34. The minimum atomic E-state index is -0.568. The van der Waals surface area contributed by atoms with Crippen molar-refractivity contribution < 1.29 is 13.9 Å². The molecular formula is C22H19FN4O2. The summed E-state index contributed by atoms with van der Waals surface area (Å²) < 4.78 is 21.2. The third-order valence-corrected chi connectivity index (χ3v) is 4.87. The van der Waals surface area contributed by atoms with Gasteiger partial charge < -0.3 is 10.1 Å². The highest BCUT2D eigenvalue weighted by molar-refractivity contribution is 5.97. The molecule has 4 rings (SSSR count). The Morgan fingerprint density at radius 2 is 2.14 bits per heavy atom. The Kier molecular flexibility index (Phi) is 5.47. The zero-order valence-electron chi connectivity index (χ0n) is 15.6. The first-order valence-corrected chi connectivity index (χ1v) is 9.33. The smallest absolute Gasteiger partial charge is 0.170 e. The van der Waals surface area contributed by atoms with Crippen molar-refractivity contribution in [1.29, 1.82) is 5.26 Å². The standard InChI is InChI=1S/C22H19FN4O2/c23-19-9-16(11-24)3-6-20(19)27-14-18(12-26-27)21(28)10-15-1-4-17(5-2-15)22-13-25-7-8-29-22/h1-6,9,12,14,22,25H,7-8,10,13H2/t22-/m0/s1. The third kappa shape index (κ3) is 4.24. The summed E-state index contributed by atoms with van der Waals surface area (Å²) in [5.74, 6) is -0.671. The quantitative estimate of drug-likeness (QED) is 0.678. The van der Waals surface area contributed by atoms with Crippen molar-refractivity contribution in [3.8, 4) is 11.8 Å². The molecule has 1 fully saturated rings. The number of nitrogens with one attached hydrogen (secondary N) is 1. The maximum atomic E-state index is 14.2. The van der Waals surface area contributed by atoms with Crippen LogP contribution in [0.5, 0.6) is 0 Å². The second-order valence-corrected chi connectivity index (χ2v) is 6.86. The number of benzene rings is 2. The molecule has 1 atom stereocenters. The molecule has 0 amide bonds. The first-order chi connectivity index (χ1) is 14.1. The summed E-state index contributed by atoms with van der Waals surface area (Å²) in [6, 6.07) is 13.8. The predicted molar refractivity (Wildman–Crippen MR) is 104 cm³/mol. The number of carbonyl (C=O) groups excluding carboxylic acids is 1. The maximum absolute atomic E-state index is 14.2. The fourth-order valence-electron chi connectivity index (χ4n) is 3.28.